The molecule has 6 aromatic rings. The Labute approximate surface area is 150 Å². The van der Waals surface area contributed by atoms with E-state index in [9.17, 15) is 0 Å². The van der Waals surface area contributed by atoms with Crippen molar-refractivity contribution in [2.45, 2.75) is 0 Å². The van der Waals surface area contributed by atoms with E-state index in [1.165, 1.54) is 0 Å². The second-order valence-corrected chi connectivity index (χ2v) is 5.98. The molecular weight excluding hydrogens is 344 g/mol. The van der Waals surface area contributed by atoms with E-state index >= 15 is 0 Å². The number of imidazole rings is 2. The zero-order valence-electron chi connectivity index (χ0n) is 13.7. The lowest BCUT2D eigenvalue weighted by molar-refractivity contribution is 1.21. The van der Waals surface area contributed by atoms with E-state index in [1.54, 1.807) is 31.1 Å². The predicted molar refractivity (Wildman–Crippen MR) is 97.4 cm³/mol. The number of hydrogen-bond donors (Lipinski definition) is 3. The summed E-state index contributed by atoms with van der Waals surface area (Å²) in [7, 11) is 0. The summed E-state index contributed by atoms with van der Waals surface area (Å²) in [5.41, 5.74) is 6.39. The summed E-state index contributed by atoms with van der Waals surface area (Å²) < 4.78 is 0. The molecule has 6 heterocycles. The molecule has 0 saturated carbocycles. The summed E-state index contributed by atoms with van der Waals surface area (Å²) in [6, 6.07) is 3.74. The van der Waals surface area contributed by atoms with Crippen LogP contribution in [0.5, 0.6) is 0 Å². The fourth-order valence-corrected chi connectivity index (χ4v) is 2.99. The van der Waals surface area contributed by atoms with Gasteiger partial charge in [-0.15, -0.1) is 0 Å². The summed E-state index contributed by atoms with van der Waals surface area (Å²) in [5, 5.41) is 0. The first-order valence-electron chi connectivity index (χ1n) is 8.16. The van der Waals surface area contributed by atoms with Crippen LogP contribution in [0.25, 0.3) is 56.4 Å². The average molecular weight is 354 g/mol. The number of aromatic amines is 3. The van der Waals surface area contributed by atoms with Crippen LogP contribution in [-0.4, -0.2) is 49.8 Å². The van der Waals surface area contributed by atoms with E-state index in [0.29, 0.717) is 39.7 Å². The Balaban J connectivity index is 1.46. The van der Waals surface area contributed by atoms with Crippen LogP contribution >= 0.6 is 0 Å². The van der Waals surface area contributed by atoms with E-state index < -0.39 is 0 Å². The normalized spacial score (nSPS) is 11.7. The molecule has 0 saturated heterocycles. The van der Waals surface area contributed by atoms with Gasteiger partial charge in [-0.25, -0.2) is 29.9 Å². The second kappa shape index (κ2) is 5.14. The molecule has 6 aromatic heterocycles. The van der Waals surface area contributed by atoms with E-state index in [0.717, 1.165) is 16.7 Å². The van der Waals surface area contributed by atoms with Crippen molar-refractivity contribution >= 4 is 33.5 Å². The van der Waals surface area contributed by atoms with Crippen LogP contribution in [0.3, 0.4) is 0 Å². The SMILES string of the molecule is c1cc2nc(-c3cnc4[nH]c(-c5cnc6nc[nH]c6n5)cc4n3)[nH]c2cn1. The highest BCUT2D eigenvalue weighted by molar-refractivity contribution is 5.82. The average Bonchev–Trinajstić information content (AvgIpc) is 3.42. The topological polar surface area (TPSA) is 138 Å². The Morgan fingerprint density at radius 1 is 0.778 bits per heavy atom. The molecule has 0 aliphatic carbocycles. The minimum atomic E-state index is 0.577. The van der Waals surface area contributed by atoms with Gasteiger partial charge in [-0.05, 0) is 12.1 Å². The van der Waals surface area contributed by atoms with Crippen LogP contribution in [0, 0.1) is 0 Å². The quantitative estimate of drug-likeness (QED) is 0.433. The Morgan fingerprint density at radius 2 is 1.74 bits per heavy atom. The first kappa shape index (κ1) is 14.0. The number of fused-ring (bicyclic) bond motifs is 3. The van der Waals surface area contributed by atoms with Crippen molar-refractivity contribution in [1.82, 2.24) is 49.8 Å². The highest BCUT2D eigenvalue weighted by Gasteiger charge is 2.12. The number of aromatic nitrogens is 10. The molecule has 10 heteroatoms. The third-order valence-electron chi connectivity index (χ3n) is 4.28. The Bertz CT molecular complexity index is 1410. The first-order chi connectivity index (χ1) is 13.3. The van der Waals surface area contributed by atoms with Gasteiger partial charge >= 0.3 is 0 Å². The van der Waals surface area contributed by atoms with Crippen molar-refractivity contribution in [2.24, 2.45) is 0 Å². The van der Waals surface area contributed by atoms with Crippen molar-refractivity contribution in [3.8, 4) is 22.9 Å². The zero-order chi connectivity index (χ0) is 17.8. The maximum absolute atomic E-state index is 4.66. The van der Waals surface area contributed by atoms with Gasteiger partial charge in [0.15, 0.2) is 22.8 Å². The van der Waals surface area contributed by atoms with Gasteiger partial charge in [0.05, 0.1) is 41.6 Å². The highest BCUT2D eigenvalue weighted by atomic mass is 15.0. The molecule has 128 valence electrons. The number of hydrogen-bond acceptors (Lipinski definition) is 7. The van der Waals surface area contributed by atoms with Crippen molar-refractivity contribution in [3.63, 3.8) is 0 Å². The zero-order valence-corrected chi connectivity index (χ0v) is 13.7. The van der Waals surface area contributed by atoms with E-state index in [-0.39, 0.29) is 0 Å². The van der Waals surface area contributed by atoms with Gasteiger partial charge in [-0.2, -0.15) is 0 Å². The van der Waals surface area contributed by atoms with Crippen LogP contribution in [0.1, 0.15) is 0 Å². The minimum absolute atomic E-state index is 0.577. The maximum atomic E-state index is 4.66. The predicted octanol–water partition coefficient (Wildman–Crippen LogP) is 2.23. The van der Waals surface area contributed by atoms with Crippen LogP contribution in [-0.2, 0) is 0 Å². The summed E-state index contributed by atoms with van der Waals surface area (Å²) in [6.07, 6.45) is 8.35. The number of nitrogens with one attached hydrogen (secondary N) is 3. The monoisotopic (exact) mass is 354 g/mol. The van der Waals surface area contributed by atoms with Gasteiger partial charge in [0.1, 0.15) is 16.9 Å². The summed E-state index contributed by atoms with van der Waals surface area (Å²) in [5.74, 6) is 0.647. The first-order valence-corrected chi connectivity index (χ1v) is 8.16. The van der Waals surface area contributed by atoms with Crippen molar-refractivity contribution in [2.75, 3.05) is 0 Å². The van der Waals surface area contributed by atoms with E-state index in [4.69, 9.17) is 0 Å². The van der Waals surface area contributed by atoms with E-state index in [2.05, 4.69) is 49.8 Å². The van der Waals surface area contributed by atoms with Crippen molar-refractivity contribution in [1.29, 1.82) is 0 Å². The fourth-order valence-electron chi connectivity index (χ4n) is 2.99. The van der Waals surface area contributed by atoms with Crippen LogP contribution in [0.4, 0.5) is 0 Å². The lowest BCUT2D eigenvalue weighted by Gasteiger charge is -1.95. The molecule has 0 radical (unpaired) electrons. The molecule has 0 unspecified atom stereocenters. The van der Waals surface area contributed by atoms with Crippen LogP contribution < -0.4 is 0 Å². The second-order valence-electron chi connectivity index (χ2n) is 5.98. The van der Waals surface area contributed by atoms with Crippen LogP contribution in [0.15, 0.2) is 43.2 Å². The Morgan fingerprint density at radius 3 is 2.70 bits per heavy atom. The van der Waals surface area contributed by atoms with Crippen molar-refractivity contribution in [3.05, 3.63) is 43.2 Å². The standard InChI is InChI=1S/C17H10N10/c1-2-18-4-11-8(1)24-15(26-11)13-6-19-14-10(23-13)3-9(25-14)12-5-20-16-17(27-12)22-7-21-16/h1-7H,(H,19,25)(H,24,26)(H,20,21,22,27). The maximum Gasteiger partial charge on any atom is 0.197 e. The smallest absolute Gasteiger partial charge is 0.197 e. The third-order valence-corrected chi connectivity index (χ3v) is 4.28. The van der Waals surface area contributed by atoms with Gasteiger partial charge in [0, 0.05) is 6.20 Å². The molecule has 27 heavy (non-hydrogen) atoms. The molecule has 0 atom stereocenters. The number of H-pyrrole nitrogens is 3. The molecule has 0 amide bonds. The van der Waals surface area contributed by atoms with Gasteiger partial charge in [0.2, 0.25) is 0 Å². The van der Waals surface area contributed by atoms with Crippen LogP contribution in [0.2, 0.25) is 0 Å². The van der Waals surface area contributed by atoms with Gasteiger partial charge < -0.3 is 15.0 Å². The van der Waals surface area contributed by atoms with E-state index in [1.807, 2.05) is 12.1 Å². The molecule has 0 aromatic carbocycles. The van der Waals surface area contributed by atoms with Gasteiger partial charge in [-0.3, -0.25) is 4.98 Å². The highest BCUT2D eigenvalue weighted by Crippen LogP contribution is 2.24. The summed E-state index contributed by atoms with van der Waals surface area (Å²) in [4.78, 5) is 40.0. The molecule has 0 aliphatic rings. The number of nitrogens with zero attached hydrogens (tertiary/aromatic N) is 7. The Kier molecular flexibility index (Phi) is 2.67. The van der Waals surface area contributed by atoms with Crippen molar-refractivity contribution < 1.29 is 0 Å². The number of pyridine rings is 1. The largest absolute Gasteiger partial charge is 0.337 e. The lowest BCUT2D eigenvalue weighted by Crippen LogP contribution is -1.88. The Hall–Kier alpha value is -4.21. The fraction of sp³-hybridized carbons (Fsp3) is 0. The van der Waals surface area contributed by atoms with Gasteiger partial charge in [-0.1, -0.05) is 0 Å². The molecule has 0 aliphatic heterocycles. The molecule has 3 N–H and O–H groups in total. The molecule has 0 bridgehead atoms. The summed E-state index contributed by atoms with van der Waals surface area (Å²) >= 11 is 0. The lowest BCUT2D eigenvalue weighted by atomic mass is 10.3. The molecule has 10 nitrogen and oxygen atoms in total. The molecule has 0 fully saturated rings. The number of rotatable bonds is 2. The molecular formula is C17H10N10. The van der Waals surface area contributed by atoms with Gasteiger partial charge in [0.25, 0.3) is 0 Å². The molecule has 0 spiro atoms. The third kappa shape index (κ3) is 2.16. The summed E-state index contributed by atoms with van der Waals surface area (Å²) in [6.45, 7) is 0. The molecule has 6 rings (SSSR count). The minimum Gasteiger partial charge on any atom is -0.337 e.